The predicted molar refractivity (Wildman–Crippen MR) is 96.8 cm³/mol. The summed E-state index contributed by atoms with van der Waals surface area (Å²) in [7, 11) is 0. The number of para-hydroxylation sites is 1. The molecule has 0 spiro atoms. The number of esters is 1. The number of anilines is 1. The fraction of sp³-hybridized carbons (Fsp3) is 0.250. The van der Waals surface area contributed by atoms with Gasteiger partial charge in [-0.3, -0.25) is 4.79 Å². The van der Waals surface area contributed by atoms with Crippen molar-refractivity contribution in [3.8, 4) is 11.8 Å². The average Bonchev–Trinajstić information content (AvgIpc) is 2.62. The topological polar surface area (TPSA) is 88.4 Å². The molecule has 2 aromatic carbocycles. The van der Waals surface area contributed by atoms with Gasteiger partial charge in [0.1, 0.15) is 11.8 Å². The molecule has 0 bridgehead atoms. The highest BCUT2D eigenvalue weighted by molar-refractivity contribution is 5.96. The first-order chi connectivity index (χ1) is 12.4. The number of rotatable bonds is 6. The van der Waals surface area contributed by atoms with Crippen molar-refractivity contribution in [1.29, 1.82) is 5.26 Å². The number of benzene rings is 2. The molecule has 1 amide bonds. The van der Waals surface area contributed by atoms with E-state index in [1.54, 1.807) is 24.3 Å². The highest BCUT2D eigenvalue weighted by Gasteiger charge is 2.19. The second kappa shape index (κ2) is 8.67. The third-order valence-electron chi connectivity index (χ3n) is 3.67. The van der Waals surface area contributed by atoms with Crippen molar-refractivity contribution < 1.29 is 19.1 Å². The van der Waals surface area contributed by atoms with E-state index in [0.29, 0.717) is 17.0 Å². The van der Waals surface area contributed by atoms with E-state index in [0.717, 1.165) is 11.1 Å². The average molecular weight is 352 g/mol. The Labute approximate surface area is 152 Å². The summed E-state index contributed by atoms with van der Waals surface area (Å²) >= 11 is 0. The molecule has 2 aromatic rings. The van der Waals surface area contributed by atoms with Gasteiger partial charge in [0.05, 0.1) is 11.3 Å². The molecular weight excluding hydrogens is 332 g/mol. The van der Waals surface area contributed by atoms with Crippen molar-refractivity contribution in [3.63, 3.8) is 0 Å². The molecule has 0 saturated carbocycles. The zero-order chi connectivity index (χ0) is 19.1. The Bertz CT molecular complexity index is 855. The molecule has 0 aliphatic carbocycles. The number of aryl methyl sites for hydroxylation is 2. The minimum absolute atomic E-state index is 0.295. The van der Waals surface area contributed by atoms with Crippen LogP contribution in [0.1, 0.15) is 23.6 Å². The van der Waals surface area contributed by atoms with Gasteiger partial charge in [-0.2, -0.15) is 5.26 Å². The number of carbonyl (C=O) groups excluding carboxylic acids is 2. The molecule has 0 heterocycles. The van der Waals surface area contributed by atoms with E-state index in [1.165, 1.54) is 6.92 Å². The fourth-order valence-electron chi connectivity index (χ4n) is 2.21. The second-order valence-corrected chi connectivity index (χ2v) is 5.84. The molecule has 2 rings (SSSR count). The van der Waals surface area contributed by atoms with Gasteiger partial charge in [0.15, 0.2) is 12.7 Å². The van der Waals surface area contributed by atoms with Gasteiger partial charge in [0, 0.05) is 0 Å². The standard InChI is InChI=1S/C20H20N2O4/c1-13-8-9-14(2)18(10-13)25-12-19(23)26-15(3)20(24)22-17-7-5-4-6-16(17)11-21/h4-10,15H,12H2,1-3H3,(H,22,24)/t15-/m0/s1. The largest absolute Gasteiger partial charge is 0.482 e. The Morgan fingerprint density at radius 2 is 1.92 bits per heavy atom. The summed E-state index contributed by atoms with van der Waals surface area (Å²) in [5.74, 6) is -0.572. The summed E-state index contributed by atoms with van der Waals surface area (Å²) in [6.07, 6.45) is -1.02. The lowest BCUT2D eigenvalue weighted by Crippen LogP contribution is -2.32. The predicted octanol–water partition coefficient (Wildman–Crippen LogP) is 3.12. The number of hydrogen-bond donors (Lipinski definition) is 1. The summed E-state index contributed by atoms with van der Waals surface area (Å²) in [5.41, 5.74) is 2.62. The molecule has 0 saturated heterocycles. The Kier molecular flexibility index (Phi) is 6.34. The minimum atomic E-state index is -1.02. The van der Waals surface area contributed by atoms with E-state index in [2.05, 4.69) is 5.32 Å². The molecule has 134 valence electrons. The van der Waals surface area contributed by atoms with E-state index >= 15 is 0 Å². The van der Waals surface area contributed by atoms with Crippen molar-refractivity contribution in [3.05, 3.63) is 59.2 Å². The quantitative estimate of drug-likeness (QED) is 0.807. The van der Waals surface area contributed by atoms with Crippen molar-refractivity contribution >= 4 is 17.6 Å². The maximum absolute atomic E-state index is 12.2. The molecule has 1 atom stereocenters. The third-order valence-corrected chi connectivity index (χ3v) is 3.67. The Morgan fingerprint density at radius 3 is 2.65 bits per heavy atom. The lowest BCUT2D eigenvalue weighted by Gasteiger charge is -2.15. The molecule has 1 N–H and O–H groups in total. The molecule has 6 nitrogen and oxygen atoms in total. The molecule has 0 aromatic heterocycles. The number of nitrogens with zero attached hydrogens (tertiary/aromatic N) is 1. The summed E-state index contributed by atoms with van der Waals surface area (Å²) in [6, 6.07) is 14.3. The first kappa shape index (κ1) is 19.0. The zero-order valence-electron chi connectivity index (χ0n) is 14.9. The van der Waals surface area contributed by atoms with Gasteiger partial charge in [-0.1, -0.05) is 24.3 Å². The number of ether oxygens (including phenoxy) is 2. The number of carbonyl (C=O) groups is 2. The molecule has 26 heavy (non-hydrogen) atoms. The first-order valence-corrected chi connectivity index (χ1v) is 8.10. The molecule has 0 fully saturated rings. The molecule has 0 aliphatic heterocycles. The van der Waals surface area contributed by atoms with E-state index in [9.17, 15) is 9.59 Å². The van der Waals surface area contributed by atoms with Gasteiger partial charge in [0.25, 0.3) is 5.91 Å². The van der Waals surface area contributed by atoms with Gasteiger partial charge in [-0.25, -0.2) is 4.79 Å². The van der Waals surface area contributed by atoms with Crippen molar-refractivity contribution in [1.82, 2.24) is 0 Å². The Morgan fingerprint density at radius 1 is 1.19 bits per heavy atom. The fourth-order valence-corrected chi connectivity index (χ4v) is 2.21. The van der Waals surface area contributed by atoms with Crippen LogP contribution in [0, 0.1) is 25.2 Å². The van der Waals surface area contributed by atoms with Crippen LogP contribution in [0.4, 0.5) is 5.69 Å². The van der Waals surface area contributed by atoms with Crippen LogP contribution >= 0.6 is 0 Å². The first-order valence-electron chi connectivity index (χ1n) is 8.10. The van der Waals surface area contributed by atoms with Crippen molar-refractivity contribution in [2.75, 3.05) is 11.9 Å². The van der Waals surface area contributed by atoms with Gasteiger partial charge < -0.3 is 14.8 Å². The van der Waals surface area contributed by atoms with E-state index < -0.39 is 18.0 Å². The maximum Gasteiger partial charge on any atom is 0.344 e. The lowest BCUT2D eigenvalue weighted by atomic mass is 10.1. The van der Waals surface area contributed by atoms with E-state index in [1.807, 2.05) is 38.1 Å². The second-order valence-electron chi connectivity index (χ2n) is 5.84. The molecule has 0 aliphatic rings. The molecule has 0 radical (unpaired) electrons. The van der Waals surface area contributed by atoms with Gasteiger partial charge >= 0.3 is 5.97 Å². The lowest BCUT2D eigenvalue weighted by molar-refractivity contribution is -0.155. The van der Waals surface area contributed by atoms with Crippen LogP contribution in [0.15, 0.2) is 42.5 Å². The van der Waals surface area contributed by atoms with Crippen LogP contribution in [0.3, 0.4) is 0 Å². The van der Waals surface area contributed by atoms with Gasteiger partial charge in [0.2, 0.25) is 0 Å². The summed E-state index contributed by atoms with van der Waals surface area (Å²) in [5, 5.41) is 11.6. The zero-order valence-corrected chi connectivity index (χ0v) is 14.9. The van der Waals surface area contributed by atoms with Crippen LogP contribution < -0.4 is 10.1 Å². The van der Waals surface area contributed by atoms with E-state index in [-0.39, 0.29) is 6.61 Å². The molecule has 6 heteroatoms. The SMILES string of the molecule is Cc1ccc(C)c(OCC(=O)O[C@@H](C)C(=O)Nc2ccccc2C#N)c1. The minimum Gasteiger partial charge on any atom is -0.482 e. The maximum atomic E-state index is 12.2. The number of amides is 1. The van der Waals surface area contributed by atoms with Crippen molar-refractivity contribution in [2.45, 2.75) is 26.9 Å². The van der Waals surface area contributed by atoms with Crippen molar-refractivity contribution in [2.24, 2.45) is 0 Å². The van der Waals surface area contributed by atoms with Gasteiger partial charge in [-0.15, -0.1) is 0 Å². The Balaban J connectivity index is 1.89. The Hall–Kier alpha value is -3.33. The summed E-state index contributed by atoms with van der Waals surface area (Å²) in [4.78, 5) is 24.1. The smallest absolute Gasteiger partial charge is 0.344 e. The highest BCUT2D eigenvalue weighted by atomic mass is 16.6. The summed E-state index contributed by atoms with van der Waals surface area (Å²) < 4.78 is 10.6. The monoisotopic (exact) mass is 352 g/mol. The van der Waals surface area contributed by atoms with Crippen LogP contribution in [0.5, 0.6) is 5.75 Å². The molecule has 0 unspecified atom stereocenters. The number of nitriles is 1. The van der Waals surface area contributed by atoms with Gasteiger partial charge in [-0.05, 0) is 50.1 Å². The normalized spacial score (nSPS) is 11.2. The third kappa shape index (κ3) is 5.08. The number of hydrogen-bond acceptors (Lipinski definition) is 5. The van der Waals surface area contributed by atoms with Crippen LogP contribution in [-0.4, -0.2) is 24.6 Å². The summed E-state index contributed by atoms with van der Waals surface area (Å²) in [6.45, 7) is 4.97. The molecular formula is C20H20N2O4. The van der Waals surface area contributed by atoms with E-state index in [4.69, 9.17) is 14.7 Å². The highest BCUT2D eigenvalue weighted by Crippen LogP contribution is 2.19. The van der Waals surface area contributed by atoms with Crippen LogP contribution in [-0.2, 0) is 14.3 Å². The van der Waals surface area contributed by atoms with Crippen LogP contribution in [0.2, 0.25) is 0 Å². The number of nitrogens with one attached hydrogen (secondary N) is 1. The van der Waals surface area contributed by atoms with Crippen LogP contribution in [0.25, 0.3) is 0 Å².